The van der Waals surface area contributed by atoms with Crippen molar-refractivity contribution in [3.05, 3.63) is 18.3 Å². The van der Waals surface area contributed by atoms with Gasteiger partial charge >= 0.3 is 0 Å². The average Bonchev–Trinajstić information content (AvgIpc) is 2.36. The summed E-state index contributed by atoms with van der Waals surface area (Å²) in [7, 11) is -2.15. The topological polar surface area (TPSA) is 82.5 Å². The van der Waals surface area contributed by atoms with E-state index in [1.807, 2.05) is 6.92 Å². The van der Waals surface area contributed by atoms with E-state index in [0.29, 0.717) is 5.82 Å². The number of pyridine rings is 1. The number of nitrogens with zero attached hydrogens (tertiary/aromatic N) is 2. The van der Waals surface area contributed by atoms with Crippen molar-refractivity contribution in [2.45, 2.75) is 31.3 Å². The Morgan fingerprint density at radius 2 is 2.16 bits per heavy atom. The number of sulfonamides is 1. The summed E-state index contributed by atoms with van der Waals surface area (Å²) in [6.45, 7) is 4.43. The van der Waals surface area contributed by atoms with Crippen LogP contribution in [0.25, 0.3) is 0 Å². The first kappa shape index (κ1) is 15.9. The Morgan fingerprint density at radius 1 is 1.47 bits per heavy atom. The molecule has 0 aromatic carbocycles. The second-order valence-corrected chi connectivity index (χ2v) is 6.49. The van der Waals surface area contributed by atoms with Gasteiger partial charge in [0, 0.05) is 26.3 Å². The Kier molecular flexibility index (Phi) is 5.71. The molecule has 0 amide bonds. The third-order valence-electron chi connectivity index (χ3n) is 2.52. The van der Waals surface area contributed by atoms with Gasteiger partial charge in [-0.3, -0.25) is 0 Å². The Morgan fingerprint density at radius 3 is 2.63 bits per heavy atom. The first-order valence-corrected chi connectivity index (χ1v) is 7.66. The van der Waals surface area contributed by atoms with Gasteiger partial charge in [0.25, 0.3) is 0 Å². The molecule has 1 aromatic rings. The summed E-state index contributed by atoms with van der Waals surface area (Å²) in [5.41, 5.74) is 0. The molecular formula is C12H21N3O3S. The van der Waals surface area contributed by atoms with Crippen LogP contribution in [-0.2, 0) is 10.0 Å². The summed E-state index contributed by atoms with van der Waals surface area (Å²) in [4.78, 5) is 4.19. The van der Waals surface area contributed by atoms with Crippen LogP contribution in [0.2, 0.25) is 0 Å². The average molecular weight is 287 g/mol. The van der Waals surface area contributed by atoms with Gasteiger partial charge in [-0.2, -0.15) is 4.31 Å². The van der Waals surface area contributed by atoms with Crippen LogP contribution in [-0.4, -0.2) is 49.1 Å². The van der Waals surface area contributed by atoms with Crippen molar-refractivity contribution in [3.63, 3.8) is 0 Å². The second-order valence-electron chi connectivity index (χ2n) is 4.44. The molecule has 0 fully saturated rings. The van der Waals surface area contributed by atoms with E-state index in [1.54, 1.807) is 13.0 Å². The number of anilines is 1. The smallest absolute Gasteiger partial charge is 0.244 e. The summed E-state index contributed by atoms with van der Waals surface area (Å²) < 4.78 is 25.4. The van der Waals surface area contributed by atoms with E-state index in [-0.39, 0.29) is 11.4 Å². The zero-order valence-electron chi connectivity index (χ0n) is 11.5. The van der Waals surface area contributed by atoms with Gasteiger partial charge in [-0.05, 0) is 25.5 Å². The first-order valence-electron chi connectivity index (χ1n) is 6.22. The van der Waals surface area contributed by atoms with Gasteiger partial charge in [0.05, 0.1) is 6.10 Å². The van der Waals surface area contributed by atoms with Gasteiger partial charge in [-0.15, -0.1) is 0 Å². The lowest BCUT2D eigenvalue weighted by molar-refractivity contribution is 0.171. The van der Waals surface area contributed by atoms with Crippen molar-refractivity contribution >= 4 is 15.8 Å². The molecule has 0 bridgehead atoms. The summed E-state index contributed by atoms with van der Waals surface area (Å²) in [5.74, 6) is 0.652. The Labute approximate surface area is 114 Å². The molecule has 108 valence electrons. The maximum absolute atomic E-state index is 12.1. The number of aromatic nitrogens is 1. The minimum Gasteiger partial charge on any atom is -0.392 e. The zero-order chi connectivity index (χ0) is 14.5. The number of hydrogen-bond donors (Lipinski definition) is 2. The van der Waals surface area contributed by atoms with Crippen LogP contribution in [0.1, 0.15) is 20.3 Å². The third-order valence-corrected chi connectivity index (χ3v) is 4.33. The SMILES string of the molecule is CCCNc1ccc(S(=O)(=O)N(C)CC(C)O)cn1. The number of aliphatic hydroxyl groups is 1. The number of hydrogen-bond acceptors (Lipinski definition) is 5. The van der Waals surface area contributed by atoms with Gasteiger partial charge in [0.15, 0.2) is 0 Å². The fourth-order valence-corrected chi connectivity index (χ4v) is 2.74. The monoisotopic (exact) mass is 287 g/mol. The van der Waals surface area contributed by atoms with Crippen molar-refractivity contribution in [3.8, 4) is 0 Å². The van der Waals surface area contributed by atoms with Gasteiger partial charge in [0.1, 0.15) is 10.7 Å². The highest BCUT2D eigenvalue weighted by molar-refractivity contribution is 7.89. The number of rotatable bonds is 7. The van der Waals surface area contributed by atoms with Crippen LogP contribution < -0.4 is 5.32 Å². The van der Waals surface area contributed by atoms with Gasteiger partial charge in [-0.25, -0.2) is 13.4 Å². The van der Waals surface area contributed by atoms with Crippen molar-refractivity contribution in [2.24, 2.45) is 0 Å². The van der Waals surface area contributed by atoms with E-state index in [2.05, 4.69) is 10.3 Å². The van der Waals surface area contributed by atoms with Crippen LogP contribution in [0.5, 0.6) is 0 Å². The van der Waals surface area contributed by atoms with Crippen LogP contribution in [0.4, 0.5) is 5.82 Å². The van der Waals surface area contributed by atoms with E-state index in [0.717, 1.165) is 17.3 Å². The van der Waals surface area contributed by atoms with Crippen LogP contribution in [0.15, 0.2) is 23.2 Å². The molecule has 2 N–H and O–H groups in total. The minimum absolute atomic E-state index is 0.0537. The Hall–Kier alpha value is -1.18. The molecule has 7 heteroatoms. The molecule has 0 aliphatic carbocycles. The molecule has 1 aromatic heterocycles. The molecule has 0 spiro atoms. The lowest BCUT2D eigenvalue weighted by Gasteiger charge is -2.18. The second kappa shape index (κ2) is 6.83. The molecule has 1 atom stereocenters. The fraction of sp³-hybridized carbons (Fsp3) is 0.583. The maximum Gasteiger partial charge on any atom is 0.244 e. The Balaban J connectivity index is 2.84. The van der Waals surface area contributed by atoms with Crippen LogP contribution in [0, 0.1) is 0 Å². The Bertz CT molecular complexity index is 485. The van der Waals surface area contributed by atoms with Crippen molar-refractivity contribution < 1.29 is 13.5 Å². The molecule has 1 heterocycles. The molecular weight excluding hydrogens is 266 g/mol. The van der Waals surface area contributed by atoms with E-state index in [9.17, 15) is 13.5 Å². The minimum atomic E-state index is -3.59. The molecule has 19 heavy (non-hydrogen) atoms. The van der Waals surface area contributed by atoms with Crippen molar-refractivity contribution in [1.29, 1.82) is 0 Å². The van der Waals surface area contributed by atoms with Crippen LogP contribution in [0.3, 0.4) is 0 Å². The summed E-state index contributed by atoms with van der Waals surface area (Å²) in [5, 5.41) is 12.3. The number of aliphatic hydroxyl groups excluding tert-OH is 1. The zero-order valence-corrected chi connectivity index (χ0v) is 12.3. The predicted octanol–water partition coefficient (Wildman–Crippen LogP) is 0.905. The van der Waals surface area contributed by atoms with E-state index >= 15 is 0 Å². The van der Waals surface area contributed by atoms with E-state index in [4.69, 9.17) is 0 Å². The largest absolute Gasteiger partial charge is 0.392 e. The highest BCUT2D eigenvalue weighted by atomic mass is 32.2. The molecule has 6 nitrogen and oxygen atoms in total. The molecule has 1 unspecified atom stereocenters. The number of likely N-dealkylation sites (N-methyl/N-ethyl adjacent to an activating group) is 1. The standard InChI is InChI=1S/C12H21N3O3S/c1-4-7-13-12-6-5-11(8-14-12)19(17,18)15(3)9-10(2)16/h5-6,8,10,16H,4,7,9H2,1-3H3,(H,13,14). The molecule has 0 saturated heterocycles. The lowest BCUT2D eigenvalue weighted by atomic mass is 10.4. The van der Waals surface area contributed by atoms with Crippen molar-refractivity contribution in [1.82, 2.24) is 9.29 Å². The number of nitrogens with one attached hydrogen (secondary N) is 1. The van der Waals surface area contributed by atoms with E-state index < -0.39 is 16.1 Å². The van der Waals surface area contributed by atoms with Gasteiger partial charge in [-0.1, -0.05) is 6.92 Å². The summed E-state index contributed by atoms with van der Waals surface area (Å²) >= 11 is 0. The van der Waals surface area contributed by atoms with E-state index in [1.165, 1.54) is 19.3 Å². The molecule has 0 aliphatic rings. The van der Waals surface area contributed by atoms with Crippen molar-refractivity contribution in [2.75, 3.05) is 25.5 Å². The fourth-order valence-electron chi connectivity index (χ4n) is 1.54. The van der Waals surface area contributed by atoms with Gasteiger partial charge in [0.2, 0.25) is 10.0 Å². The third kappa shape index (κ3) is 4.45. The van der Waals surface area contributed by atoms with Gasteiger partial charge < -0.3 is 10.4 Å². The highest BCUT2D eigenvalue weighted by Gasteiger charge is 2.22. The molecule has 0 saturated carbocycles. The quantitative estimate of drug-likeness (QED) is 0.779. The molecule has 1 rings (SSSR count). The maximum atomic E-state index is 12.1. The molecule has 0 radical (unpaired) electrons. The summed E-state index contributed by atoms with van der Waals surface area (Å²) in [6, 6.07) is 3.15. The first-order chi connectivity index (χ1) is 8.87. The normalized spacial score (nSPS) is 13.5. The highest BCUT2D eigenvalue weighted by Crippen LogP contribution is 2.15. The van der Waals surface area contributed by atoms with Crippen LogP contribution >= 0.6 is 0 Å². The predicted molar refractivity (Wildman–Crippen MR) is 74.5 cm³/mol. The molecule has 0 aliphatic heterocycles. The lowest BCUT2D eigenvalue weighted by Crippen LogP contribution is -2.33. The summed E-state index contributed by atoms with van der Waals surface area (Å²) in [6.07, 6.45) is 1.59.